The van der Waals surface area contributed by atoms with E-state index in [2.05, 4.69) is 10.2 Å². The highest BCUT2D eigenvalue weighted by atomic mass is 16.5. The minimum atomic E-state index is 0.561. The van der Waals surface area contributed by atoms with E-state index in [1.165, 1.54) is 6.40 Å². The molecular weight excluding hydrogens is 140 g/mol. The maximum atomic E-state index is 5.00. The zero-order valence-corrected chi connectivity index (χ0v) is 5.77. The first-order valence-corrected chi connectivity index (χ1v) is 3.28. The van der Waals surface area contributed by atoms with Crippen LogP contribution in [0.4, 0.5) is 0 Å². The van der Waals surface area contributed by atoms with Crippen molar-refractivity contribution in [2.24, 2.45) is 5.10 Å². The second-order valence-electron chi connectivity index (χ2n) is 2.11. The van der Waals surface area contributed by atoms with Crippen molar-refractivity contribution in [1.82, 2.24) is 5.10 Å². The molecule has 0 atom stereocenters. The van der Waals surface area contributed by atoms with Gasteiger partial charge in [0.05, 0.1) is 0 Å². The molecular formula is C8H6N2O+. The Balaban J connectivity index is 2.31. The lowest BCUT2D eigenvalue weighted by Crippen LogP contribution is -1.99. The lowest BCUT2D eigenvalue weighted by Gasteiger charge is -1.92. The summed E-state index contributed by atoms with van der Waals surface area (Å²) >= 11 is 0. The van der Waals surface area contributed by atoms with E-state index in [0.717, 1.165) is 5.56 Å². The molecule has 0 fully saturated rings. The summed E-state index contributed by atoms with van der Waals surface area (Å²) in [4.78, 5) is 0. The molecule has 2 rings (SSSR count). The van der Waals surface area contributed by atoms with E-state index < -0.39 is 0 Å². The Labute approximate surface area is 64.0 Å². The van der Waals surface area contributed by atoms with Crippen molar-refractivity contribution in [2.75, 3.05) is 0 Å². The van der Waals surface area contributed by atoms with Gasteiger partial charge in [-0.05, 0) is 12.1 Å². The van der Waals surface area contributed by atoms with Gasteiger partial charge in [-0.25, -0.2) is 0 Å². The average molecular weight is 146 g/mol. The SMILES string of the molecule is C1=[N+]N=C(c2ccccc2)O1. The van der Waals surface area contributed by atoms with E-state index in [1.54, 1.807) is 0 Å². The van der Waals surface area contributed by atoms with Crippen molar-refractivity contribution in [3.8, 4) is 0 Å². The summed E-state index contributed by atoms with van der Waals surface area (Å²) in [7, 11) is 0. The van der Waals surface area contributed by atoms with E-state index in [1.807, 2.05) is 30.3 Å². The monoisotopic (exact) mass is 146 g/mol. The van der Waals surface area contributed by atoms with E-state index in [4.69, 9.17) is 4.74 Å². The Morgan fingerprint density at radius 2 is 2.00 bits per heavy atom. The molecule has 0 amide bonds. The molecule has 0 bridgehead atoms. The molecule has 1 aliphatic heterocycles. The fourth-order valence-electron chi connectivity index (χ4n) is 0.880. The van der Waals surface area contributed by atoms with Crippen LogP contribution < -0.4 is 5.10 Å². The maximum absolute atomic E-state index is 5.00. The highest BCUT2D eigenvalue weighted by Gasteiger charge is 2.14. The van der Waals surface area contributed by atoms with Gasteiger partial charge in [0.25, 0.3) is 0 Å². The Morgan fingerprint density at radius 1 is 1.18 bits per heavy atom. The zero-order chi connectivity index (χ0) is 7.52. The third-order valence-corrected chi connectivity index (χ3v) is 1.38. The van der Waals surface area contributed by atoms with Gasteiger partial charge in [0.2, 0.25) is 5.10 Å². The number of benzene rings is 1. The first kappa shape index (κ1) is 6.09. The van der Waals surface area contributed by atoms with Crippen molar-refractivity contribution in [2.45, 2.75) is 0 Å². The first-order valence-electron chi connectivity index (χ1n) is 3.28. The quantitative estimate of drug-likeness (QED) is 0.575. The Bertz CT molecular complexity index is 303. The lowest BCUT2D eigenvalue weighted by atomic mass is 10.2. The van der Waals surface area contributed by atoms with Crippen LogP contribution in [-0.2, 0) is 4.74 Å². The van der Waals surface area contributed by atoms with Crippen molar-refractivity contribution < 1.29 is 4.74 Å². The molecule has 1 aliphatic rings. The van der Waals surface area contributed by atoms with Gasteiger partial charge in [-0.3, -0.25) is 0 Å². The largest absolute Gasteiger partial charge is 0.441 e. The molecule has 3 nitrogen and oxygen atoms in total. The third-order valence-electron chi connectivity index (χ3n) is 1.38. The van der Waals surface area contributed by atoms with Gasteiger partial charge in [-0.15, -0.1) is 0 Å². The van der Waals surface area contributed by atoms with E-state index in [0.29, 0.717) is 5.90 Å². The number of nitrogens with zero attached hydrogens (tertiary/aromatic N) is 2. The Kier molecular flexibility index (Phi) is 1.41. The molecule has 1 aromatic rings. The molecule has 0 saturated heterocycles. The molecule has 11 heavy (non-hydrogen) atoms. The minimum absolute atomic E-state index is 0.561. The van der Waals surface area contributed by atoms with Crippen LogP contribution in [0.15, 0.2) is 35.4 Å². The van der Waals surface area contributed by atoms with Crippen LogP contribution in [0.3, 0.4) is 0 Å². The maximum Gasteiger partial charge on any atom is 0.441 e. The van der Waals surface area contributed by atoms with Gasteiger partial charge in [0.1, 0.15) is 5.10 Å². The van der Waals surface area contributed by atoms with Crippen LogP contribution >= 0.6 is 0 Å². The van der Waals surface area contributed by atoms with Crippen LogP contribution in [0.2, 0.25) is 0 Å². The van der Waals surface area contributed by atoms with Crippen LogP contribution in [0, 0.1) is 0 Å². The molecule has 1 heterocycles. The third kappa shape index (κ3) is 1.12. The minimum Gasteiger partial charge on any atom is -0.378 e. The molecule has 0 spiro atoms. The predicted molar refractivity (Wildman–Crippen MR) is 42.3 cm³/mol. The van der Waals surface area contributed by atoms with Gasteiger partial charge in [0, 0.05) is 5.56 Å². The van der Waals surface area contributed by atoms with Crippen molar-refractivity contribution in [3.63, 3.8) is 0 Å². The van der Waals surface area contributed by atoms with Crippen molar-refractivity contribution in [1.29, 1.82) is 0 Å². The topological polar surface area (TPSA) is 35.7 Å². The number of ether oxygens (including phenoxy) is 1. The standard InChI is InChI=1S/C8H6N2O/c1-2-4-7(5-3-1)8-10-9-6-11-8/h1-6H/q+1. The normalized spacial score (nSPS) is 14.4. The lowest BCUT2D eigenvalue weighted by molar-refractivity contribution is 0.587. The summed E-state index contributed by atoms with van der Waals surface area (Å²) in [5.41, 5.74) is 0.949. The van der Waals surface area contributed by atoms with Gasteiger partial charge in [-0.2, -0.15) is 0 Å². The fourth-order valence-corrected chi connectivity index (χ4v) is 0.880. The molecule has 0 N–H and O–H groups in total. The first-order chi connectivity index (χ1) is 5.47. The number of hydrogen-bond donors (Lipinski definition) is 0. The van der Waals surface area contributed by atoms with Crippen molar-refractivity contribution >= 4 is 12.3 Å². The summed E-state index contributed by atoms with van der Waals surface area (Å²) in [6.07, 6.45) is 1.32. The molecule has 1 radical (unpaired) electrons. The summed E-state index contributed by atoms with van der Waals surface area (Å²) < 4.78 is 5.00. The van der Waals surface area contributed by atoms with Gasteiger partial charge in [0.15, 0.2) is 0 Å². The predicted octanol–water partition coefficient (Wildman–Crippen LogP) is 0.742. The Hall–Kier alpha value is -1.64. The van der Waals surface area contributed by atoms with Crippen LogP contribution in [-0.4, -0.2) is 12.3 Å². The van der Waals surface area contributed by atoms with Gasteiger partial charge in [-0.1, -0.05) is 18.2 Å². The highest BCUT2D eigenvalue weighted by Crippen LogP contribution is 2.02. The molecule has 0 aromatic heterocycles. The van der Waals surface area contributed by atoms with E-state index >= 15 is 0 Å². The van der Waals surface area contributed by atoms with E-state index in [9.17, 15) is 0 Å². The van der Waals surface area contributed by atoms with E-state index in [-0.39, 0.29) is 0 Å². The smallest absolute Gasteiger partial charge is 0.378 e. The molecule has 3 heteroatoms. The molecule has 0 aliphatic carbocycles. The Morgan fingerprint density at radius 3 is 2.64 bits per heavy atom. The summed E-state index contributed by atoms with van der Waals surface area (Å²) in [5.74, 6) is 0.561. The second-order valence-corrected chi connectivity index (χ2v) is 2.11. The zero-order valence-electron chi connectivity index (χ0n) is 5.77. The second kappa shape index (κ2) is 2.54. The van der Waals surface area contributed by atoms with Gasteiger partial charge >= 0.3 is 12.3 Å². The van der Waals surface area contributed by atoms with Crippen LogP contribution in [0.1, 0.15) is 5.56 Å². The number of hydrogen-bond acceptors (Lipinski definition) is 3. The van der Waals surface area contributed by atoms with Crippen molar-refractivity contribution in [3.05, 3.63) is 35.9 Å². The average Bonchev–Trinajstić information content (AvgIpc) is 2.58. The summed E-state index contributed by atoms with van der Waals surface area (Å²) in [6.45, 7) is 0. The molecule has 53 valence electrons. The van der Waals surface area contributed by atoms with Crippen LogP contribution in [0.5, 0.6) is 0 Å². The number of rotatable bonds is 1. The molecule has 0 unspecified atom stereocenters. The molecule has 0 saturated carbocycles. The molecule has 1 aromatic carbocycles. The fraction of sp³-hybridized carbons (Fsp3) is 0. The van der Waals surface area contributed by atoms with Gasteiger partial charge < -0.3 is 4.74 Å². The summed E-state index contributed by atoms with van der Waals surface area (Å²) in [6, 6.07) is 9.65. The highest BCUT2D eigenvalue weighted by molar-refractivity contribution is 5.99. The summed E-state index contributed by atoms with van der Waals surface area (Å²) in [5, 5.41) is 7.35. The van der Waals surface area contributed by atoms with Crippen LogP contribution in [0.25, 0.3) is 0 Å².